The molecule has 0 aromatic heterocycles. The van der Waals surface area contributed by atoms with Crippen molar-refractivity contribution in [2.24, 2.45) is 5.92 Å². The number of hydrogen-bond donors (Lipinski definition) is 0. The van der Waals surface area contributed by atoms with Gasteiger partial charge >= 0.3 is 0 Å². The van der Waals surface area contributed by atoms with Crippen molar-refractivity contribution in [1.82, 2.24) is 9.80 Å². The lowest BCUT2D eigenvalue weighted by atomic mass is 9.96. The van der Waals surface area contributed by atoms with Gasteiger partial charge in [-0.25, -0.2) is 0 Å². The highest BCUT2D eigenvalue weighted by Crippen LogP contribution is 2.19. The maximum Gasteiger partial charge on any atom is 0.222 e. The summed E-state index contributed by atoms with van der Waals surface area (Å²) in [6, 6.07) is 0. The minimum Gasteiger partial charge on any atom is -0.345 e. The zero-order valence-electron chi connectivity index (χ0n) is 8.33. The molecule has 2 saturated heterocycles. The Bertz CT molecular complexity index is 201. The van der Waals surface area contributed by atoms with Gasteiger partial charge in [0.2, 0.25) is 5.91 Å². The van der Waals surface area contributed by atoms with E-state index in [1.54, 1.807) is 0 Å². The van der Waals surface area contributed by atoms with Gasteiger partial charge in [-0.05, 0) is 31.8 Å². The number of likely N-dealkylation sites (tertiary alicyclic amines) is 2. The molecule has 0 radical (unpaired) electrons. The normalized spacial score (nSPS) is 30.4. The third-order valence-corrected chi connectivity index (χ3v) is 3.19. The third kappa shape index (κ3) is 2.02. The van der Waals surface area contributed by atoms with Crippen LogP contribution in [0.5, 0.6) is 0 Å². The molecule has 2 heterocycles. The molecule has 0 aliphatic carbocycles. The summed E-state index contributed by atoms with van der Waals surface area (Å²) in [6.07, 6.45) is 3.22. The Balaban J connectivity index is 1.77. The monoisotopic (exact) mass is 182 g/mol. The highest BCUT2D eigenvalue weighted by atomic mass is 16.2. The number of rotatable bonds is 2. The second kappa shape index (κ2) is 3.66. The van der Waals surface area contributed by atoms with E-state index >= 15 is 0 Å². The minimum atomic E-state index is 0.319. The van der Waals surface area contributed by atoms with Gasteiger partial charge in [-0.15, -0.1) is 0 Å². The Morgan fingerprint density at radius 3 is 2.77 bits per heavy atom. The zero-order chi connectivity index (χ0) is 9.26. The van der Waals surface area contributed by atoms with Gasteiger partial charge in [-0.3, -0.25) is 4.79 Å². The lowest BCUT2D eigenvalue weighted by Crippen LogP contribution is -2.46. The summed E-state index contributed by atoms with van der Waals surface area (Å²) in [5, 5.41) is 0. The molecule has 2 rings (SSSR count). The summed E-state index contributed by atoms with van der Waals surface area (Å²) < 4.78 is 0. The van der Waals surface area contributed by atoms with Gasteiger partial charge in [0.15, 0.2) is 0 Å². The Kier molecular flexibility index (Phi) is 2.54. The maximum absolute atomic E-state index is 11.2. The number of nitrogens with zero attached hydrogens (tertiary/aromatic N) is 2. The first-order valence-corrected chi connectivity index (χ1v) is 5.22. The SMILES string of the molecule is CN1C[C@H](CN2CCC2)CCC1=O. The van der Waals surface area contributed by atoms with Crippen molar-refractivity contribution in [2.45, 2.75) is 19.3 Å². The lowest BCUT2D eigenvalue weighted by molar-refractivity contribution is -0.133. The number of hydrogen-bond acceptors (Lipinski definition) is 2. The van der Waals surface area contributed by atoms with Gasteiger partial charge in [0.1, 0.15) is 0 Å². The molecule has 74 valence electrons. The molecule has 0 N–H and O–H groups in total. The van der Waals surface area contributed by atoms with Crippen LogP contribution in [-0.4, -0.2) is 48.9 Å². The van der Waals surface area contributed by atoms with Crippen molar-refractivity contribution in [2.75, 3.05) is 33.2 Å². The first kappa shape index (κ1) is 9.00. The second-order valence-electron chi connectivity index (χ2n) is 4.33. The molecule has 2 fully saturated rings. The van der Waals surface area contributed by atoms with E-state index in [2.05, 4.69) is 4.90 Å². The van der Waals surface area contributed by atoms with Gasteiger partial charge in [-0.1, -0.05) is 0 Å². The van der Waals surface area contributed by atoms with Gasteiger partial charge in [-0.2, -0.15) is 0 Å². The molecule has 0 aromatic rings. The molecule has 0 unspecified atom stereocenters. The Labute approximate surface area is 79.7 Å². The largest absolute Gasteiger partial charge is 0.345 e. The quantitative estimate of drug-likeness (QED) is 0.623. The van der Waals surface area contributed by atoms with Crippen LogP contribution in [0.2, 0.25) is 0 Å². The topological polar surface area (TPSA) is 23.6 Å². The second-order valence-corrected chi connectivity index (χ2v) is 4.33. The summed E-state index contributed by atoms with van der Waals surface area (Å²) in [4.78, 5) is 15.6. The van der Waals surface area contributed by atoms with Gasteiger partial charge < -0.3 is 9.80 Å². The van der Waals surface area contributed by atoms with E-state index in [1.807, 2.05) is 11.9 Å². The average molecular weight is 182 g/mol. The number of carbonyl (C=O) groups is 1. The maximum atomic E-state index is 11.2. The first-order chi connectivity index (χ1) is 6.25. The summed E-state index contributed by atoms with van der Waals surface area (Å²) in [5.41, 5.74) is 0. The van der Waals surface area contributed by atoms with Crippen molar-refractivity contribution >= 4 is 5.91 Å². The predicted octanol–water partition coefficient (Wildman–Crippen LogP) is 0.560. The first-order valence-electron chi connectivity index (χ1n) is 5.22. The molecule has 13 heavy (non-hydrogen) atoms. The number of piperidine rings is 1. The van der Waals surface area contributed by atoms with E-state index < -0.39 is 0 Å². The average Bonchev–Trinajstić information content (AvgIpc) is 2.04. The molecule has 0 aromatic carbocycles. The highest BCUT2D eigenvalue weighted by molar-refractivity contribution is 5.76. The standard InChI is InChI=1S/C10H18N2O/c1-11-7-9(3-4-10(11)13)8-12-5-2-6-12/h9H,2-8H2,1H3/t9-/m1/s1. The molecule has 0 spiro atoms. The molecular weight excluding hydrogens is 164 g/mol. The van der Waals surface area contributed by atoms with Crippen LogP contribution in [0, 0.1) is 5.92 Å². The van der Waals surface area contributed by atoms with Crippen molar-refractivity contribution in [3.8, 4) is 0 Å². The van der Waals surface area contributed by atoms with Crippen LogP contribution >= 0.6 is 0 Å². The van der Waals surface area contributed by atoms with E-state index in [9.17, 15) is 4.79 Å². The van der Waals surface area contributed by atoms with Crippen LogP contribution in [0.3, 0.4) is 0 Å². The van der Waals surface area contributed by atoms with Crippen molar-refractivity contribution in [1.29, 1.82) is 0 Å². The summed E-state index contributed by atoms with van der Waals surface area (Å²) in [5.74, 6) is 1.04. The van der Waals surface area contributed by atoms with E-state index in [0.717, 1.165) is 25.3 Å². The minimum absolute atomic E-state index is 0.319. The fourth-order valence-corrected chi connectivity index (χ4v) is 2.18. The summed E-state index contributed by atoms with van der Waals surface area (Å²) >= 11 is 0. The molecule has 2 aliphatic rings. The molecule has 0 bridgehead atoms. The summed E-state index contributed by atoms with van der Waals surface area (Å²) in [6.45, 7) is 4.72. The number of carbonyl (C=O) groups excluding carboxylic acids is 1. The van der Waals surface area contributed by atoms with Crippen LogP contribution < -0.4 is 0 Å². The van der Waals surface area contributed by atoms with Gasteiger partial charge in [0.25, 0.3) is 0 Å². The van der Waals surface area contributed by atoms with Gasteiger partial charge in [0, 0.05) is 26.6 Å². The van der Waals surface area contributed by atoms with E-state index in [0.29, 0.717) is 5.91 Å². The predicted molar refractivity (Wildman–Crippen MR) is 51.4 cm³/mol. The molecule has 1 amide bonds. The van der Waals surface area contributed by atoms with E-state index in [4.69, 9.17) is 0 Å². The van der Waals surface area contributed by atoms with Crippen LogP contribution in [-0.2, 0) is 4.79 Å². The molecule has 3 heteroatoms. The van der Waals surface area contributed by atoms with Crippen LogP contribution in [0.4, 0.5) is 0 Å². The molecule has 0 saturated carbocycles. The molecular formula is C10H18N2O. The third-order valence-electron chi connectivity index (χ3n) is 3.19. The Hall–Kier alpha value is -0.570. The fourth-order valence-electron chi connectivity index (χ4n) is 2.18. The van der Waals surface area contributed by atoms with Crippen molar-refractivity contribution in [3.63, 3.8) is 0 Å². The summed E-state index contributed by atoms with van der Waals surface area (Å²) in [7, 11) is 1.92. The Morgan fingerprint density at radius 1 is 1.46 bits per heavy atom. The highest BCUT2D eigenvalue weighted by Gasteiger charge is 2.25. The van der Waals surface area contributed by atoms with Crippen LogP contribution in [0.1, 0.15) is 19.3 Å². The van der Waals surface area contributed by atoms with E-state index in [1.165, 1.54) is 26.1 Å². The smallest absolute Gasteiger partial charge is 0.222 e. The molecule has 1 atom stereocenters. The lowest BCUT2D eigenvalue weighted by Gasteiger charge is -2.37. The molecule has 2 aliphatic heterocycles. The van der Waals surface area contributed by atoms with Crippen LogP contribution in [0.15, 0.2) is 0 Å². The van der Waals surface area contributed by atoms with Crippen molar-refractivity contribution < 1.29 is 4.79 Å². The Morgan fingerprint density at radius 2 is 2.23 bits per heavy atom. The number of amides is 1. The van der Waals surface area contributed by atoms with Crippen LogP contribution in [0.25, 0.3) is 0 Å². The van der Waals surface area contributed by atoms with Gasteiger partial charge in [0.05, 0.1) is 0 Å². The molecule has 3 nitrogen and oxygen atoms in total. The van der Waals surface area contributed by atoms with Crippen molar-refractivity contribution in [3.05, 3.63) is 0 Å². The van der Waals surface area contributed by atoms with E-state index in [-0.39, 0.29) is 0 Å². The fraction of sp³-hybridized carbons (Fsp3) is 0.900. The zero-order valence-corrected chi connectivity index (χ0v) is 8.33.